The topological polar surface area (TPSA) is 62.3 Å². The summed E-state index contributed by atoms with van der Waals surface area (Å²) in [6, 6.07) is 23.7. The molecule has 0 bridgehead atoms. The number of carbonyl (C=O) groups is 2. The molecule has 2 amide bonds. The summed E-state index contributed by atoms with van der Waals surface area (Å²) >= 11 is 0. The van der Waals surface area contributed by atoms with Gasteiger partial charge in [-0.25, -0.2) is 0 Å². The lowest BCUT2D eigenvalue weighted by Gasteiger charge is -2.32. The molecule has 1 aliphatic heterocycles. The molecule has 2 heterocycles. The van der Waals surface area contributed by atoms with Gasteiger partial charge in [-0.05, 0) is 42.7 Å². The summed E-state index contributed by atoms with van der Waals surface area (Å²) in [7, 11) is 0. The zero-order valence-corrected chi connectivity index (χ0v) is 17.8. The second kappa shape index (κ2) is 9.56. The van der Waals surface area contributed by atoms with Crippen LogP contribution in [0.5, 0.6) is 0 Å². The first-order chi connectivity index (χ1) is 15.1. The van der Waals surface area contributed by atoms with Gasteiger partial charge in [-0.15, -0.1) is 0 Å². The maximum atomic E-state index is 12.8. The highest BCUT2D eigenvalue weighted by Gasteiger charge is 2.25. The van der Waals surface area contributed by atoms with Gasteiger partial charge in [0.05, 0.1) is 12.1 Å². The Morgan fingerprint density at radius 1 is 1.03 bits per heavy atom. The van der Waals surface area contributed by atoms with Gasteiger partial charge in [-0.2, -0.15) is 0 Å². The molecular formula is C26H27N3O2. The number of carbonyl (C=O) groups excluding carboxylic acids is 2. The number of aromatic nitrogens is 1. The zero-order chi connectivity index (χ0) is 21.6. The van der Waals surface area contributed by atoms with Crippen molar-refractivity contribution in [3.05, 3.63) is 84.1 Å². The van der Waals surface area contributed by atoms with Crippen molar-refractivity contribution in [2.75, 3.05) is 18.4 Å². The molecule has 4 rings (SSSR count). The predicted molar refractivity (Wildman–Crippen MR) is 123 cm³/mol. The Hall–Kier alpha value is -3.47. The molecule has 1 saturated heterocycles. The first-order valence-corrected chi connectivity index (χ1v) is 10.7. The SMILES string of the molecule is CC(=O)Nc1cccc(-c2cccc([C@@H]3CCCN(C(=O)Cc4ccccc4)C3)n2)c1. The normalized spacial score (nSPS) is 16.0. The van der Waals surface area contributed by atoms with Gasteiger partial charge in [0.25, 0.3) is 0 Å². The number of benzene rings is 2. The number of amides is 2. The first kappa shape index (κ1) is 20.8. The molecule has 5 nitrogen and oxygen atoms in total. The highest BCUT2D eigenvalue weighted by molar-refractivity contribution is 5.89. The highest BCUT2D eigenvalue weighted by atomic mass is 16.2. The first-order valence-electron chi connectivity index (χ1n) is 10.7. The van der Waals surface area contributed by atoms with E-state index in [0.29, 0.717) is 13.0 Å². The fraction of sp³-hybridized carbons (Fsp3) is 0.269. The molecule has 0 spiro atoms. The average molecular weight is 414 g/mol. The number of likely N-dealkylation sites (tertiary alicyclic amines) is 1. The maximum absolute atomic E-state index is 12.8. The quantitative estimate of drug-likeness (QED) is 0.662. The van der Waals surface area contributed by atoms with Gasteiger partial charge in [0.15, 0.2) is 0 Å². The Kier molecular flexibility index (Phi) is 6.41. The van der Waals surface area contributed by atoms with Crippen molar-refractivity contribution in [3.8, 4) is 11.3 Å². The molecule has 3 aromatic rings. The second-order valence-corrected chi connectivity index (χ2v) is 8.05. The van der Waals surface area contributed by atoms with E-state index in [1.54, 1.807) is 0 Å². The molecule has 1 aliphatic rings. The van der Waals surface area contributed by atoms with E-state index in [1.165, 1.54) is 6.92 Å². The molecule has 2 aromatic carbocycles. The van der Waals surface area contributed by atoms with Crippen LogP contribution in [-0.2, 0) is 16.0 Å². The molecule has 31 heavy (non-hydrogen) atoms. The van der Waals surface area contributed by atoms with Crippen molar-refractivity contribution >= 4 is 17.5 Å². The van der Waals surface area contributed by atoms with E-state index >= 15 is 0 Å². The van der Waals surface area contributed by atoms with E-state index in [4.69, 9.17) is 4.98 Å². The maximum Gasteiger partial charge on any atom is 0.227 e. The van der Waals surface area contributed by atoms with Crippen molar-refractivity contribution in [2.24, 2.45) is 0 Å². The summed E-state index contributed by atoms with van der Waals surface area (Å²) < 4.78 is 0. The van der Waals surface area contributed by atoms with Gasteiger partial charge in [0.2, 0.25) is 11.8 Å². The lowest BCUT2D eigenvalue weighted by molar-refractivity contribution is -0.131. The van der Waals surface area contributed by atoms with Crippen molar-refractivity contribution in [3.63, 3.8) is 0 Å². The van der Waals surface area contributed by atoms with Crippen molar-refractivity contribution in [2.45, 2.75) is 32.1 Å². The van der Waals surface area contributed by atoms with Crippen molar-refractivity contribution in [1.29, 1.82) is 0 Å². The third kappa shape index (κ3) is 5.37. The van der Waals surface area contributed by atoms with Crippen LogP contribution in [-0.4, -0.2) is 34.8 Å². The molecule has 0 aliphatic carbocycles. The zero-order valence-electron chi connectivity index (χ0n) is 17.8. The number of nitrogens with one attached hydrogen (secondary N) is 1. The van der Waals surface area contributed by atoms with Crippen LogP contribution < -0.4 is 5.32 Å². The highest BCUT2D eigenvalue weighted by Crippen LogP contribution is 2.28. The fourth-order valence-electron chi connectivity index (χ4n) is 4.13. The van der Waals surface area contributed by atoms with Crippen molar-refractivity contribution in [1.82, 2.24) is 9.88 Å². The minimum absolute atomic E-state index is 0.0960. The minimum Gasteiger partial charge on any atom is -0.342 e. The molecule has 0 radical (unpaired) electrons. The van der Waals surface area contributed by atoms with Gasteiger partial charge >= 0.3 is 0 Å². The van der Waals surface area contributed by atoms with Crippen LogP contribution in [0.2, 0.25) is 0 Å². The van der Waals surface area contributed by atoms with E-state index in [-0.39, 0.29) is 17.7 Å². The molecular weight excluding hydrogens is 386 g/mol. The van der Waals surface area contributed by atoms with E-state index in [2.05, 4.69) is 11.4 Å². The summed E-state index contributed by atoms with van der Waals surface area (Å²) in [6.07, 6.45) is 2.45. The number of hydrogen-bond acceptors (Lipinski definition) is 3. The van der Waals surface area contributed by atoms with Crippen LogP contribution >= 0.6 is 0 Å². The summed E-state index contributed by atoms with van der Waals surface area (Å²) in [5, 5.41) is 2.82. The lowest BCUT2D eigenvalue weighted by atomic mass is 9.93. The third-order valence-corrected chi connectivity index (χ3v) is 5.64. The molecule has 0 saturated carbocycles. The number of pyridine rings is 1. The van der Waals surface area contributed by atoms with Gasteiger partial charge in [-0.3, -0.25) is 14.6 Å². The minimum atomic E-state index is -0.0960. The van der Waals surface area contributed by atoms with Gasteiger partial charge in [-0.1, -0.05) is 48.5 Å². The molecule has 1 aromatic heterocycles. The van der Waals surface area contributed by atoms with Crippen LogP contribution in [0.25, 0.3) is 11.3 Å². The number of nitrogens with zero attached hydrogens (tertiary/aromatic N) is 2. The van der Waals surface area contributed by atoms with Crippen LogP contribution in [0.4, 0.5) is 5.69 Å². The molecule has 1 N–H and O–H groups in total. The Labute approximate surface area is 183 Å². The molecule has 1 fully saturated rings. The van der Waals surface area contributed by atoms with E-state index in [1.807, 2.05) is 71.6 Å². The van der Waals surface area contributed by atoms with E-state index in [0.717, 1.165) is 47.6 Å². The van der Waals surface area contributed by atoms with Crippen LogP contribution in [0.1, 0.15) is 36.9 Å². The van der Waals surface area contributed by atoms with Crippen LogP contribution in [0, 0.1) is 0 Å². The molecule has 5 heteroatoms. The van der Waals surface area contributed by atoms with E-state index in [9.17, 15) is 9.59 Å². The average Bonchev–Trinajstić information content (AvgIpc) is 2.80. The third-order valence-electron chi connectivity index (χ3n) is 5.64. The van der Waals surface area contributed by atoms with Crippen LogP contribution in [0.3, 0.4) is 0 Å². The summed E-state index contributed by atoms with van der Waals surface area (Å²) in [5.74, 6) is 0.309. The standard InChI is InChI=1S/C26H27N3O2/c1-19(30)27-23-12-5-10-21(17-23)24-13-6-14-25(28-24)22-11-7-15-29(18-22)26(31)16-20-8-3-2-4-9-20/h2-6,8-10,12-14,17,22H,7,11,15-16,18H2,1H3,(H,27,30)/t22-/m1/s1. The van der Waals surface area contributed by atoms with E-state index < -0.39 is 0 Å². The number of rotatable bonds is 5. The predicted octanol–water partition coefficient (Wildman–Crippen LogP) is 4.66. The van der Waals surface area contributed by atoms with Gasteiger partial charge in [0.1, 0.15) is 0 Å². The number of hydrogen-bond donors (Lipinski definition) is 1. The largest absolute Gasteiger partial charge is 0.342 e. The van der Waals surface area contributed by atoms with Gasteiger partial charge < -0.3 is 10.2 Å². The molecule has 1 atom stereocenters. The second-order valence-electron chi connectivity index (χ2n) is 8.05. The van der Waals surface area contributed by atoms with Gasteiger partial charge in [0, 0.05) is 42.9 Å². The number of anilines is 1. The smallest absolute Gasteiger partial charge is 0.227 e. The molecule has 158 valence electrons. The Morgan fingerprint density at radius 3 is 2.65 bits per heavy atom. The number of piperidine rings is 1. The monoisotopic (exact) mass is 413 g/mol. The summed E-state index contributed by atoms with van der Waals surface area (Å²) in [5.41, 5.74) is 4.65. The lowest BCUT2D eigenvalue weighted by Crippen LogP contribution is -2.40. The van der Waals surface area contributed by atoms with Crippen LogP contribution in [0.15, 0.2) is 72.8 Å². The fourth-order valence-corrected chi connectivity index (χ4v) is 4.13. The Bertz CT molecular complexity index is 1070. The Morgan fingerprint density at radius 2 is 1.84 bits per heavy atom. The van der Waals surface area contributed by atoms with Crippen molar-refractivity contribution < 1.29 is 9.59 Å². The molecule has 0 unspecified atom stereocenters. The summed E-state index contributed by atoms with van der Waals surface area (Å²) in [6.45, 7) is 3.01. The Balaban J connectivity index is 1.48. The summed E-state index contributed by atoms with van der Waals surface area (Å²) in [4.78, 5) is 31.1.